The molecule has 1 heterocycles. The van der Waals surface area contributed by atoms with Crippen LogP contribution in [0.5, 0.6) is 0 Å². The maximum atomic E-state index is 11.7. The Morgan fingerprint density at radius 2 is 1.96 bits per heavy atom. The van der Waals surface area contributed by atoms with Crippen LogP contribution in [0.3, 0.4) is 0 Å². The number of anilines is 2. The monoisotopic (exact) mass is 354 g/mol. The molecular formula is C19H22N4O3. The molecule has 0 saturated heterocycles. The number of amides is 1. The summed E-state index contributed by atoms with van der Waals surface area (Å²) in [5.74, 6) is -0.337. The number of hydrogen-bond donors (Lipinski definition) is 3. The van der Waals surface area contributed by atoms with Gasteiger partial charge in [-0.25, -0.2) is 4.98 Å². The van der Waals surface area contributed by atoms with Crippen LogP contribution in [-0.2, 0) is 16.1 Å². The van der Waals surface area contributed by atoms with Crippen LogP contribution in [0.15, 0.2) is 54.7 Å². The minimum absolute atomic E-state index is 0.237. The number of primary amides is 1. The molecule has 0 unspecified atom stereocenters. The molecule has 26 heavy (non-hydrogen) atoms. The van der Waals surface area contributed by atoms with Gasteiger partial charge in [0, 0.05) is 19.2 Å². The molecule has 1 amide bonds. The van der Waals surface area contributed by atoms with Crippen LogP contribution >= 0.6 is 0 Å². The Hall–Kier alpha value is -3.35. The fraction of sp³-hybridized carbons (Fsp3) is 0.211. The van der Waals surface area contributed by atoms with E-state index in [1.54, 1.807) is 0 Å². The summed E-state index contributed by atoms with van der Waals surface area (Å²) in [5.41, 5.74) is 12.5. The van der Waals surface area contributed by atoms with E-state index in [1.165, 1.54) is 12.3 Å². The van der Waals surface area contributed by atoms with E-state index in [9.17, 15) is 9.59 Å². The Bertz CT molecular complexity index is 776. The van der Waals surface area contributed by atoms with Crippen molar-refractivity contribution in [3.8, 4) is 0 Å². The van der Waals surface area contributed by atoms with Crippen molar-refractivity contribution in [3.05, 3.63) is 65.9 Å². The van der Waals surface area contributed by atoms with Crippen molar-refractivity contribution in [1.82, 2.24) is 4.98 Å². The zero-order chi connectivity index (χ0) is 18.8. The summed E-state index contributed by atoms with van der Waals surface area (Å²) in [6.45, 7) is 0.781. The number of hydrogen-bond acceptors (Lipinski definition) is 6. The highest BCUT2D eigenvalue weighted by Crippen LogP contribution is 2.15. The Balaban J connectivity index is 1.65. The van der Waals surface area contributed by atoms with Crippen LogP contribution in [0.4, 0.5) is 11.5 Å². The van der Waals surface area contributed by atoms with Gasteiger partial charge in [-0.05, 0) is 18.1 Å². The molecule has 2 aromatic rings. The number of nitrogens with zero attached hydrogens (tertiary/aromatic N) is 1. The largest absolute Gasteiger partial charge is 0.461 e. The normalized spacial score (nSPS) is 10.6. The standard InChI is InChI=1S/C19H22N4O3/c20-16-11-15(18(21)25)12-23-19(16)22-10-6-2-5-9-17(24)26-13-14-7-3-1-4-8-14/h1-4,6-8,11-12H,5,9-10,13,20H2,(H2,21,25)(H,22,23)/b6-2+. The number of pyridine rings is 1. The molecule has 0 aliphatic carbocycles. The van der Waals surface area contributed by atoms with Crippen molar-refractivity contribution in [2.75, 3.05) is 17.6 Å². The molecule has 2 rings (SSSR count). The number of nitrogens with one attached hydrogen (secondary N) is 1. The van der Waals surface area contributed by atoms with Gasteiger partial charge in [0.15, 0.2) is 0 Å². The van der Waals surface area contributed by atoms with Gasteiger partial charge >= 0.3 is 5.97 Å². The van der Waals surface area contributed by atoms with Gasteiger partial charge in [-0.1, -0.05) is 42.5 Å². The number of benzene rings is 1. The second kappa shape index (κ2) is 9.83. The summed E-state index contributed by atoms with van der Waals surface area (Å²) in [6, 6.07) is 11.0. The maximum Gasteiger partial charge on any atom is 0.306 e. The Labute approximate surface area is 152 Å². The molecule has 0 saturated carbocycles. The Kier molecular flexibility index (Phi) is 7.17. The lowest BCUT2D eigenvalue weighted by atomic mass is 10.2. The van der Waals surface area contributed by atoms with Crippen LogP contribution in [-0.4, -0.2) is 23.4 Å². The third-order valence-electron chi connectivity index (χ3n) is 3.51. The van der Waals surface area contributed by atoms with E-state index in [0.717, 1.165) is 5.56 Å². The topological polar surface area (TPSA) is 120 Å². The average molecular weight is 354 g/mol. The minimum Gasteiger partial charge on any atom is -0.461 e. The molecule has 1 aromatic heterocycles. The van der Waals surface area contributed by atoms with E-state index >= 15 is 0 Å². The summed E-state index contributed by atoms with van der Waals surface area (Å²) in [7, 11) is 0. The van der Waals surface area contributed by atoms with Gasteiger partial charge in [-0.3, -0.25) is 9.59 Å². The number of carbonyl (C=O) groups excluding carboxylic acids is 2. The molecular weight excluding hydrogens is 332 g/mol. The number of aromatic nitrogens is 1. The van der Waals surface area contributed by atoms with E-state index < -0.39 is 5.91 Å². The van der Waals surface area contributed by atoms with E-state index in [2.05, 4.69) is 10.3 Å². The lowest BCUT2D eigenvalue weighted by Gasteiger charge is -2.07. The Morgan fingerprint density at radius 3 is 2.65 bits per heavy atom. The third-order valence-corrected chi connectivity index (χ3v) is 3.51. The second-order valence-corrected chi connectivity index (χ2v) is 5.56. The fourth-order valence-electron chi connectivity index (χ4n) is 2.13. The maximum absolute atomic E-state index is 11.7. The highest BCUT2D eigenvalue weighted by atomic mass is 16.5. The van der Waals surface area contributed by atoms with E-state index in [0.29, 0.717) is 30.9 Å². The molecule has 0 aliphatic rings. The first-order valence-electron chi connectivity index (χ1n) is 8.20. The number of nitrogens with two attached hydrogens (primary N) is 2. The minimum atomic E-state index is -0.574. The van der Waals surface area contributed by atoms with Gasteiger partial charge in [0.25, 0.3) is 0 Å². The summed E-state index contributed by atoms with van der Waals surface area (Å²) in [6.07, 6.45) is 6.02. The molecule has 0 spiro atoms. The number of nitrogen functional groups attached to an aromatic ring is 1. The van der Waals surface area contributed by atoms with Crippen LogP contribution < -0.4 is 16.8 Å². The molecule has 136 valence electrons. The van der Waals surface area contributed by atoms with Gasteiger partial charge in [-0.2, -0.15) is 0 Å². The quantitative estimate of drug-likeness (QED) is 0.469. The first-order chi connectivity index (χ1) is 12.6. The van der Waals surface area contributed by atoms with Crippen molar-refractivity contribution < 1.29 is 14.3 Å². The fourth-order valence-corrected chi connectivity index (χ4v) is 2.13. The van der Waals surface area contributed by atoms with Crippen LogP contribution in [0.2, 0.25) is 0 Å². The number of ether oxygens (including phenoxy) is 1. The van der Waals surface area contributed by atoms with Crippen LogP contribution in [0.25, 0.3) is 0 Å². The predicted octanol–water partition coefficient (Wildman–Crippen LogP) is 2.25. The van der Waals surface area contributed by atoms with Crippen molar-refractivity contribution in [1.29, 1.82) is 0 Å². The molecule has 1 aromatic carbocycles. The summed E-state index contributed by atoms with van der Waals surface area (Å²) in [5, 5.41) is 3.02. The second-order valence-electron chi connectivity index (χ2n) is 5.56. The lowest BCUT2D eigenvalue weighted by Crippen LogP contribution is -2.13. The summed E-state index contributed by atoms with van der Waals surface area (Å²) in [4.78, 5) is 26.8. The summed E-state index contributed by atoms with van der Waals surface area (Å²) < 4.78 is 5.20. The van der Waals surface area contributed by atoms with Crippen molar-refractivity contribution in [3.63, 3.8) is 0 Å². The highest BCUT2D eigenvalue weighted by molar-refractivity contribution is 5.94. The summed E-state index contributed by atoms with van der Waals surface area (Å²) >= 11 is 0. The molecule has 0 bridgehead atoms. The van der Waals surface area contributed by atoms with Gasteiger partial charge in [-0.15, -0.1) is 0 Å². The SMILES string of the molecule is NC(=O)c1cnc(NC/C=C/CCC(=O)OCc2ccccc2)c(N)c1. The smallest absolute Gasteiger partial charge is 0.306 e. The molecule has 0 radical (unpaired) electrons. The van der Waals surface area contributed by atoms with Crippen molar-refractivity contribution in [2.45, 2.75) is 19.4 Å². The average Bonchev–Trinajstić information content (AvgIpc) is 2.64. The molecule has 7 nitrogen and oxygen atoms in total. The molecule has 0 aliphatic heterocycles. The van der Waals surface area contributed by atoms with Crippen LogP contribution in [0.1, 0.15) is 28.8 Å². The molecule has 5 N–H and O–H groups in total. The molecule has 7 heteroatoms. The number of rotatable bonds is 9. The van der Waals surface area contributed by atoms with Crippen LogP contribution in [0, 0.1) is 0 Å². The predicted molar refractivity (Wildman–Crippen MR) is 100 cm³/mol. The molecule has 0 fully saturated rings. The van der Waals surface area contributed by atoms with Gasteiger partial charge < -0.3 is 21.5 Å². The number of carbonyl (C=O) groups is 2. The van der Waals surface area contributed by atoms with Gasteiger partial charge in [0.2, 0.25) is 5.91 Å². The zero-order valence-electron chi connectivity index (χ0n) is 14.4. The highest BCUT2D eigenvalue weighted by Gasteiger charge is 2.05. The third kappa shape index (κ3) is 6.27. The zero-order valence-corrected chi connectivity index (χ0v) is 14.4. The van der Waals surface area contributed by atoms with Crippen molar-refractivity contribution >= 4 is 23.4 Å². The van der Waals surface area contributed by atoms with E-state index in [4.69, 9.17) is 16.2 Å². The van der Waals surface area contributed by atoms with E-state index in [-0.39, 0.29) is 18.1 Å². The first kappa shape index (κ1) is 19.0. The first-order valence-corrected chi connectivity index (χ1v) is 8.20. The number of esters is 1. The number of allylic oxidation sites excluding steroid dienone is 1. The molecule has 0 atom stereocenters. The Morgan fingerprint density at radius 1 is 1.19 bits per heavy atom. The van der Waals surface area contributed by atoms with Gasteiger partial charge in [0.1, 0.15) is 12.4 Å². The van der Waals surface area contributed by atoms with E-state index in [1.807, 2.05) is 42.5 Å². The van der Waals surface area contributed by atoms with Crippen molar-refractivity contribution in [2.24, 2.45) is 5.73 Å². The lowest BCUT2D eigenvalue weighted by molar-refractivity contribution is -0.144. The van der Waals surface area contributed by atoms with Gasteiger partial charge in [0.05, 0.1) is 11.3 Å².